The number of carbonyl (C=O) groups is 1. The molecule has 3 rings (SSSR count). The number of nitrogens with one attached hydrogen (secondary N) is 1. The second kappa shape index (κ2) is 7.52. The van der Waals surface area contributed by atoms with E-state index < -0.39 is 0 Å². The van der Waals surface area contributed by atoms with Gasteiger partial charge in [-0.3, -0.25) is 4.79 Å². The van der Waals surface area contributed by atoms with E-state index in [2.05, 4.69) is 47.6 Å². The number of hydrogen-bond acceptors (Lipinski definition) is 4. The number of fused-ring (bicyclic) bond motifs is 1. The van der Waals surface area contributed by atoms with Gasteiger partial charge < -0.3 is 10.1 Å². The van der Waals surface area contributed by atoms with Crippen molar-refractivity contribution in [3.05, 3.63) is 53.6 Å². The Hall–Kier alpha value is -2.95. The van der Waals surface area contributed by atoms with Crippen molar-refractivity contribution < 1.29 is 9.53 Å². The van der Waals surface area contributed by atoms with Crippen LogP contribution in [-0.2, 0) is 4.79 Å². The van der Waals surface area contributed by atoms with E-state index in [1.165, 1.54) is 5.56 Å². The molecule has 26 heavy (non-hydrogen) atoms. The first kappa shape index (κ1) is 17.9. The summed E-state index contributed by atoms with van der Waals surface area (Å²) in [5.74, 6) is 0.193. The first-order chi connectivity index (χ1) is 12.5. The second-order valence-corrected chi connectivity index (χ2v) is 6.73. The summed E-state index contributed by atoms with van der Waals surface area (Å²) in [5.41, 5.74) is 4.18. The van der Waals surface area contributed by atoms with Gasteiger partial charge in [0, 0.05) is 22.4 Å². The van der Waals surface area contributed by atoms with E-state index >= 15 is 0 Å². The molecule has 0 spiro atoms. The van der Waals surface area contributed by atoms with Crippen molar-refractivity contribution in [3.63, 3.8) is 0 Å². The predicted molar refractivity (Wildman–Crippen MR) is 103 cm³/mol. The minimum Gasteiger partial charge on any atom is -0.466 e. The normalized spacial score (nSPS) is 11.0. The van der Waals surface area contributed by atoms with Crippen LogP contribution in [0.15, 0.2) is 42.5 Å². The maximum absolute atomic E-state index is 11.8. The van der Waals surface area contributed by atoms with E-state index in [1.54, 1.807) is 0 Å². The van der Waals surface area contributed by atoms with Crippen LogP contribution in [0.4, 0.5) is 0 Å². The van der Waals surface area contributed by atoms with E-state index in [-0.39, 0.29) is 18.6 Å². The summed E-state index contributed by atoms with van der Waals surface area (Å²) in [4.78, 5) is 11.8. The maximum atomic E-state index is 11.8. The molecule has 134 valence electrons. The van der Waals surface area contributed by atoms with Crippen LogP contribution in [0.25, 0.3) is 22.0 Å². The molecule has 0 saturated carbocycles. The lowest BCUT2D eigenvalue weighted by Crippen LogP contribution is -2.34. The highest BCUT2D eigenvalue weighted by molar-refractivity contribution is 5.97. The van der Waals surface area contributed by atoms with Crippen molar-refractivity contribution in [2.24, 2.45) is 0 Å². The van der Waals surface area contributed by atoms with Gasteiger partial charge in [0.25, 0.3) is 5.91 Å². The van der Waals surface area contributed by atoms with Crippen molar-refractivity contribution in [1.29, 1.82) is 0 Å². The maximum Gasteiger partial charge on any atom is 0.258 e. The lowest BCUT2D eigenvalue weighted by Gasteiger charge is -2.13. The van der Waals surface area contributed by atoms with Gasteiger partial charge in [-0.25, -0.2) is 0 Å². The molecule has 0 fully saturated rings. The first-order valence-electron chi connectivity index (χ1n) is 8.71. The SMILES string of the molecule is Cc1ccc(C)c(-c2nnc(OCC(=O)NC(C)C)c3ccccc23)c1. The smallest absolute Gasteiger partial charge is 0.258 e. The average Bonchev–Trinajstić information content (AvgIpc) is 2.61. The van der Waals surface area contributed by atoms with Crippen LogP contribution in [-0.4, -0.2) is 28.8 Å². The number of nitrogens with zero attached hydrogens (tertiary/aromatic N) is 2. The molecule has 3 aromatic rings. The highest BCUT2D eigenvalue weighted by Gasteiger charge is 2.14. The van der Waals surface area contributed by atoms with Gasteiger partial charge in [0.15, 0.2) is 6.61 Å². The summed E-state index contributed by atoms with van der Waals surface area (Å²) < 4.78 is 5.64. The van der Waals surface area contributed by atoms with Crippen molar-refractivity contribution >= 4 is 16.7 Å². The fourth-order valence-electron chi connectivity index (χ4n) is 2.87. The summed E-state index contributed by atoms with van der Waals surface area (Å²) >= 11 is 0. The topological polar surface area (TPSA) is 64.1 Å². The zero-order chi connectivity index (χ0) is 18.7. The van der Waals surface area contributed by atoms with E-state index in [0.717, 1.165) is 27.6 Å². The summed E-state index contributed by atoms with van der Waals surface area (Å²) in [6.45, 7) is 7.85. The Labute approximate surface area is 153 Å². The number of hydrogen-bond donors (Lipinski definition) is 1. The highest BCUT2D eigenvalue weighted by atomic mass is 16.5. The Morgan fingerprint density at radius 3 is 2.54 bits per heavy atom. The molecule has 1 aromatic heterocycles. The van der Waals surface area contributed by atoms with Gasteiger partial charge >= 0.3 is 0 Å². The molecular weight excluding hydrogens is 326 g/mol. The largest absolute Gasteiger partial charge is 0.466 e. The molecule has 0 bridgehead atoms. The lowest BCUT2D eigenvalue weighted by atomic mass is 9.99. The summed E-state index contributed by atoms with van der Waals surface area (Å²) in [7, 11) is 0. The third-order valence-electron chi connectivity index (χ3n) is 4.09. The monoisotopic (exact) mass is 349 g/mol. The zero-order valence-electron chi connectivity index (χ0n) is 15.5. The van der Waals surface area contributed by atoms with Crippen molar-refractivity contribution in [3.8, 4) is 17.1 Å². The van der Waals surface area contributed by atoms with Crippen molar-refractivity contribution in [1.82, 2.24) is 15.5 Å². The van der Waals surface area contributed by atoms with Gasteiger partial charge in [-0.15, -0.1) is 10.2 Å². The summed E-state index contributed by atoms with van der Waals surface area (Å²) in [6.07, 6.45) is 0. The molecule has 1 amide bonds. The van der Waals surface area contributed by atoms with E-state index in [4.69, 9.17) is 4.74 Å². The molecular formula is C21H23N3O2. The molecule has 5 heteroatoms. The molecule has 1 N–H and O–H groups in total. The van der Waals surface area contributed by atoms with Crippen LogP contribution in [0.1, 0.15) is 25.0 Å². The predicted octanol–water partition coefficient (Wildman–Crippen LogP) is 3.82. The number of amides is 1. The van der Waals surface area contributed by atoms with Gasteiger partial charge in [0.1, 0.15) is 5.69 Å². The number of carbonyl (C=O) groups excluding carboxylic acids is 1. The summed E-state index contributed by atoms with van der Waals surface area (Å²) in [6, 6.07) is 14.2. The van der Waals surface area contributed by atoms with Crippen LogP contribution in [0, 0.1) is 13.8 Å². The van der Waals surface area contributed by atoms with E-state index in [0.29, 0.717) is 5.88 Å². The number of benzene rings is 2. The van der Waals surface area contributed by atoms with Crippen LogP contribution in [0.2, 0.25) is 0 Å². The Kier molecular flexibility index (Phi) is 5.16. The van der Waals surface area contributed by atoms with Crippen LogP contribution in [0.5, 0.6) is 5.88 Å². The van der Waals surface area contributed by atoms with Crippen molar-refractivity contribution in [2.45, 2.75) is 33.7 Å². The van der Waals surface area contributed by atoms with Crippen LogP contribution < -0.4 is 10.1 Å². The molecule has 5 nitrogen and oxygen atoms in total. The number of rotatable bonds is 5. The quantitative estimate of drug-likeness (QED) is 0.760. The number of ether oxygens (including phenoxy) is 1. The minimum absolute atomic E-state index is 0.0700. The number of aromatic nitrogens is 2. The van der Waals surface area contributed by atoms with Crippen LogP contribution in [0.3, 0.4) is 0 Å². The van der Waals surface area contributed by atoms with Crippen LogP contribution >= 0.6 is 0 Å². The molecule has 0 unspecified atom stereocenters. The number of aryl methyl sites for hydroxylation is 2. The molecule has 2 aromatic carbocycles. The van der Waals surface area contributed by atoms with Gasteiger partial charge in [-0.2, -0.15) is 0 Å². The minimum atomic E-state index is -0.176. The van der Waals surface area contributed by atoms with Gasteiger partial charge in [-0.1, -0.05) is 35.9 Å². The van der Waals surface area contributed by atoms with E-state index in [9.17, 15) is 4.79 Å². The fraction of sp³-hybridized carbons (Fsp3) is 0.286. The van der Waals surface area contributed by atoms with Gasteiger partial charge in [0.2, 0.25) is 5.88 Å². The summed E-state index contributed by atoms with van der Waals surface area (Å²) in [5, 5.41) is 13.3. The third kappa shape index (κ3) is 3.82. The third-order valence-corrected chi connectivity index (χ3v) is 4.09. The Morgan fingerprint density at radius 1 is 1.08 bits per heavy atom. The van der Waals surface area contributed by atoms with Gasteiger partial charge in [-0.05, 0) is 45.4 Å². The Bertz CT molecular complexity index is 951. The molecule has 1 heterocycles. The molecule has 0 saturated heterocycles. The molecule has 0 atom stereocenters. The molecule has 0 aliphatic carbocycles. The molecule has 0 aliphatic heterocycles. The second-order valence-electron chi connectivity index (χ2n) is 6.73. The molecule has 0 radical (unpaired) electrons. The zero-order valence-corrected chi connectivity index (χ0v) is 15.5. The standard InChI is InChI=1S/C21H23N3O2/c1-13(2)22-19(25)12-26-21-17-8-6-5-7-16(17)20(23-24-21)18-11-14(3)9-10-15(18)4/h5-11,13H,12H2,1-4H3,(H,22,25). The Balaban J connectivity index is 1.99. The first-order valence-corrected chi connectivity index (χ1v) is 8.71. The fourth-order valence-corrected chi connectivity index (χ4v) is 2.87. The van der Waals surface area contributed by atoms with E-state index in [1.807, 2.05) is 38.1 Å². The molecule has 0 aliphatic rings. The van der Waals surface area contributed by atoms with Gasteiger partial charge in [0.05, 0.1) is 0 Å². The highest BCUT2D eigenvalue weighted by Crippen LogP contribution is 2.32. The average molecular weight is 349 g/mol. The lowest BCUT2D eigenvalue weighted by molar-refractivity contribution is -0.123. The van der Waals surface area contributed by atoms with Crippen molar-refractivity contribution in [2.75, 3.05) is 6.61 Å². The Morgan fingerprint density at radius 2 is 1.81 bits per heavy atom.